The molecule has 0 radical (unpaired) electrons. The predicted molar refractivity (Wildman–Crippen MR) is 452 cm³/mol. The lowest BCUT2D eigenvalue weighted by molar-refractivity contribution is -0.155. The number of carboxylic acid groups (broad SMARTS) is 1. The minimum Gasteiger partial charge on any atom is -0.507 e. The minimum atomic E-state index is -1.28. The first-order valence-electron chi connectivity index (χ1n) is 35.8. The number of ketones is 2. The number of β-lactam (4-membered cyclic amide) rings is 3. The number of benzene rings is 3. The van der Waals surface area contributed by atoms with Crippen molar-refractivity contribution in [2.24, 2.45) is 48.3 Å². The van der Waals surface area contributed by atoms with E-state index in [2.05, 4.69) is 55.5 Å². The van der Waals surface area contributed by atoms with Gasteiger partial charge in [0.05, 0.1) is 36.8 Å². The first kappa shape index (κ1) is 89.1. The number of aromatic hydroxyl groups is 1. The number of ether oxygens (including phenoxy) is 4. The molecule has 41 nitrogen and oxygen atoms in total. The number of aliphatic carboxylic acids is 1. The third-order valence-corrected chi connectivity index (χ3v) is 27.3. The quantitative estimate of drug-likeness (QED) is 0.00848. The second-order valence-electron chi connectivity index (χ2n) is 26.3. The summed E-state index contributed by atoms with van der Waals surface area (Å²) in [6, 6.07) is 20.0. The largest absolute Gasteiger partial charge is 0.507 e. The molecule has 0 aliphatic carbocycles. The zero-order valence-electron chi connectivity index (χ0n) is 64.9. The second kappa shape index (κ2) is 39.6. The van der Waals surface area contributed by atoms with Crippen LogP contribution in [-0.2, 0) is 91.9 Å². The lowest BCUT2D eigenvalue weighted by Crippen LogP contribution is -2.64. The van der Waals surface area contributed by atoms with Gasteiger partial charge < -0.3 is 50.3 Å². The van der Waals surface area contributed by atoms with Gasteiger partial charge in [0.2, 0.25) is 11.8 Å². The molecule has 122 heavy (non-hydrogen) atoms. The third kappa shape index (κ3) is 20.0. The monoisotopic (exact) mass is 1820 g/mol. The highest BCUT2D eigenvalue weighted by molar-refractivity contribution is 8.01. The summed E-state index contributed by atoms with van der Waals surface area (Å²) in [7, 11) is 10.3. The number of amides is 3. The van der Waals surface area contributed by atoms with Crippen molar-refractivity contribution in [3.8, 4) is 17.2 Å². The molecule has 11 heterocycles. The van der Waals surface area contributed by atoms with Crippen molar-refractivity contribution in [1.82, 2.24) is 69.0 Å². The molecule has 0 unspecified atom stereocenters. The summed E-state index contributed by atoms with van der Waals surface area (Å²) in [5.41, 5.74) is 9.95. The Labute approximate surface area is 720 Å². The lowest BCUT2D eigenvalue weighted by Gasteiger charge is -2.49. The summed E-state index contributed by atoms with van der Waals surface area (Å²) in [5.74, 6) is -3.49. The molecule has 638 valence electrons. The minimum absolute atomic E-state index is 0.0164. The molecule has 3 aromatic carbocycles. The van der Waals surface area contributed by atoms with E-state index in [0.29, 0.717) is 50.9 Å². The van der Waals surface area contributed by atoms with Crippen molar-refractivity contribution in [1.29, 1.82) is 0 Å². The Bertz CT molecular complexity index is 6050. The molecule has 3 fully saturated rings. The third-order valence-electron chi connectivity index (χ3n) is 18.5. The van der Waals surface area contributed by atoms with Gasteiger partial charge in [0.1, 0.15) is 78.5 Å². The number of para-hydroxylation sites is 1. The van der Waals surface area contributed by atoms with Gasteiger partial charge in [-0.2, -0.15) is 15.0 Å². The van der Waals surface area contributed by atoms with Crippen LogP contribution >= 0.6 is 93.2 Å². The van der Waals surface area contributed by atoms with Crippen molar-refractivity contribution in [3.63, 3.8) is 0 Å². The molecule has 0 spiro atoms. The normalized spacial score (nSPS) is 18.5. The second-order valence-corrected chi connectivity index (χ2v) is 34.3. The Morgan fingerprint density at radius 1 is 0.525 bits per heavy atom. The first-order valence-corrected chi connectivity index (χ1v) is 43.6. The number of carbonyl (C=O) groups excluding carboxylic acids is 7. The number of nitrogens with zero attached hydrogens (tertiary/aromatic N) is 14. The summed E-state index contributed by atoms with van der Waals surface area (Å²) in [5, 5.41) is 37.3. The Morgan fingerprint density at radius 3 is 1.27 bits per heavy atom. The number of esters is 2. The Kier molecular flexibility index (Phi) is 28.9. The summed E-state index contributed by atoms with van der Waals surface area (Å²) >= 11 is 9.76. The molecule has 3 amide bonds. The number of H-pyrrole nitrogens is 3. The van der Waals surface area contributed by atoms with Crippen LogP contribution in [0.15, 0.2) is 177 Å². The highest BCUT2D eigenvalue weighted by Crippen LogP contribution is 2.49. The number of thiazole rings is 2. The number of nitrogens with two attached hydrogens (primary N) is 2. The van der Waals surface area contributed by atoms with E-state index in [1.807, 2.05) is 0 Å². The van der Waals surface area contributed by atoms with E-state index in [-0.39, 0.29) is 126 Å². The van der Waals surface area contributed by atoms with Gasteiger partial charge in [-0.1, -0.05) is 82.0 Å². The van der Waals surface area contributed by atoms with Gasteiger partial charge >= 0.3 is 51.3 Å². The molecule has 6 atom stereocenters. The Morgan fingerprint density at radius 2 is 0.902 bits per heavy atom. The standard InChI is InChI=1S/C27H27N7O8S3.C27H25N5O7S2.C19H19N7O7S3/c1-33-27(30-21(36)22(37)31-33)45-11-14-10-43-24-16(8-18(35)19(32-41-3)17-12-44-26(28)29-17)23(38)34(24)20(14)25(39)42-9-13-4-6-15(40-2)7-5-13;1-31-27(29-22(34)23(35)30-31)41-14-17-13-40-25-20(28-11-16-5-3-4-6-19(16)33)24(36)32(25)21(17)26(37)39-12-15-7-9-18(38-2)10-8-15;1-25-19(22-13(28)14(29)23-25)36-5-7-4-34-16-8(15(30)26(16)12(7)17(31)32)3-10(27)11(24-33-2)9-6-35-18(20)21-9/h4-7,12,16,24H,8-11H2,1-3H3,(H2,28,29)(H,31,37);3-11,20,25,33H,12-14H2,1-2H3,(H,30,35);6,8,16H,3-5H2,1-2H3,(H2,20,21)(H,23,29)(H,31,32)/b32-19-;;24-11-/t16-,24-;20-,25-;8-,16-/m111/s1. The fourth-order valence-electron chi connectivity index (χ4n) is 12.5. The van der Waals surface area contributed by atoms with Crippen LogP contribution in [0.25, 0.3) is 0 Å². The van der Waals surface area contributed by atoms with Crippen LogP contribution in [0.5, 0.6) is 17.2 Å². The van der Waals surface area contributed by atoms with E-state index in [0.717, 1.165) is 63.5 Å². The van der Waals surface area contributed by atoms with E-state index in [9.17, 15) is 77.3 Å². The number of methoxy groups -OCH3 is 2. The highest BCUT2D eigenvalue weighted by atomic mass is 32.2. The number of fused-ring (bicyclic) bond motifs is 3. The molecule has 14 rings (SSSR count). The van der Waals surface area contributed by atoms with Crippen molar-refractivity contribution < 1.29 is 77.2 Å². The van der Waals surface area contributed by atoms with E-state index >= 15 is 0 Å². The molecular weight excluding hydrogens is 1750 g/mol. The number of thioether (sulfide) groups is 6. The van der Waals surface area contributed by atoms with Gasteiger partial charge in [-0.15, -0.1) is 58.0 Å². The average molecular weight is 1820 g/mol. The van der Waals surface area contributed by atoms with E-state index in [1.54, 1.807) is 98.8 Å². The number of nitrogen functional groups attached to an aromatic ring is 2. The van der Waals surface area contributed by atoms with E-state index in [4.69, 9.17) is 40.1 Å². The van der Waals surface area contributed by atoms with Crippen LogP contribution in [0.4, 0.5) is 10.3 Å². The van der Waals surface area contributed by atoms with Gasteiger partial charge in [-0.25, -0.2) is 24.4 Å². The van der Waals surface area contributed by atoms with Crippen molar-refractivity contribution in [3.05, 3.63) is 208 Å². The van der Waals surface area contributed by atoms with Gasteiger partial charge in [0.25, 0.3) is 5.91 Å². The number of aromatic amines is 3. The molecule has 49 heteroatoms. The van der Waals surface area contributed by atoms with Crippen LogP contribution in [0.2, 0.25) is 0 Å². The number of hydrogen-bond donors (Lipinski definition) is 7. The number of hydrogen-bond acceptors (Lipinski definition) is 39. The number of aryl methyl sites for hydroxylation is 3. The summed E-state index contributed by atoms with van der Waals surface area (Å²) in [6.07, 6.45) is 1.07. The predicted octanol–water partition coefficient (Wildman–Crippen LogP) is 2.30. The molecule has 9 N–H and O–H groups in total. The van der Waals surface area contributed by atoms with Gasteiger partial charge in [0, 0.05) is 91.0 Å². The Hall–Kier alpha value is -12.2. The van der Waals surface area contributed by atoms with E-state index < -0.39 is 109 Å². The van der Waals surface area contributed by atoms with E-state index in [1.165, 1.54) is 105 Å². The molecule has 3 saturated heterocycles. The first-order chi connectivity index (χ1) is 58.5. The number of phenols is 1. The molecule has 5 aromatic heterocycles. The molecule has 6 aliphatic heterocycles. The summed E-state index contributed by atoms with van der Waals surface area (Å²) in [4.78, 5) is 212. The summed E-state index contributed by atoms with van der Waals surface area (Å²) < 4.78 is 25.5. The van der Waals surface area contributed by atoms with Crippen LogP contribution < -0.4 is 54.3 Å². The van der Waals surface area contributed by atoms with Crippen LogP contribution in [0.3, 0.4) is 0 Å². The van der Waals surface area contributed by atoms with Crippen molar-refractivity contribution >= 4 is 168 Å². The molecule has 8 aromatic rings. The summed E-state index contributed by atoms with van der Waals surface area (Å²) in [6.45, 7) is -0.0739. The molecule has 0 bridgehead atoms. The number of aromatic nitrogens is 11. The maximum atomic E-state index is 13.6. The maximum absolute atomic E-state index is 13.6. The number of anilines is 2. The lowest BCUT2D eigenvalue weighted by atomic mass is 9.89. The number of aliphatic imine (C=N–C) groups is 1. The van der Waals surface area contributed by atoms with Crippen LogP contribution in [0, 0.1) is 11.8 Å². The number of nitrogens with one attached hydrogen (secondary N) is 3. The smallest absolute Gasteiger partial charge is 0.355 e. The van der Waals surface area contributed by atoms with Gasteiger partial charge in [0.15, 0.2) is 54.8 Å². The highest BCUT2D eigenvalue weighted by Gasteiger charge is 2.57. The molecule has 0 saturated carbocycles. The van der Waals surface area contributed by atoms with Gasteiger partial charge in [-0.3, -0.25) is 102 Å². The molecule has 6 aliphatic rings. The zero-order valence-corrected chi connectivity index (χ0v) is 71.5. The van der Waals surface area contributed by atoms with Crippen LogP contribution in [-0.4, -0.2) is 229 Å². The van der Waals surface area contributed by atoms with Crippen molar-refractivity contribution in [2.45, 2.75) is 63.7 Å². The fourth-order valence-corrected chi connectivity index (χ4v) is 21.0. The zero-order chi connectivity index (χ0) is 87.5. The number of phenolic OH excluding ortho intramolecular Hbond substituents is 1. The average Bonchev–Trinajstić information content (AvgIpc) is 0.860. The number of carboxylic acids is 1. The molecular formula is C73H71N19O22S8. The van der Waals surface area contributed by atoms with Crippen molar-refractivity contribution in [2.75, 3.05) is 74.4 Å². The SMILES string of the molecule is CO/N=C(\C(=O)C[C@@H]1C(=O)N2C(C(=O)O)=C(CSc3nc(=O)c(=O)[nH]n3C)CS[C@H]12)c1csc(N)n1.CO/N=C(\C(=O)C[C@@H]1C(=O)N2C(C(=O)OCc3ccc(OC)cc3)=C(CSc3nc(=O)c(=O)[nH]n3C)CS[C@H]12)c1csc(N)n1.COc1ccc(COC(=O)C2=C(CSc3nc(=O)c(=O)[nH]n3C)CS[C@@H]3[C@H](N=Cc4ccccc4O)C(=O)N23)cc1. The number of carbonyl (C=O) groups is 8. The number of oxime groups is 2. The maximum Gasteiger partial charge on any atom is 0.355 e. The number of rotatable bonds is 30. The number of Topliss-reactive ketones (excluding diaryl/α,β-unsaturated/α-hetero) is 2. The van der Waals surface area contributed by atoms with Gasteiger partial charge in [-0.05, 0) is 64.2 Å². The topological polar surface area (TPSA) is 560 Å². The Balaban J connectivity index is 0.000000168. The van der Waals surface area contributed by atoms with Crippen LogP contribution in [0.1, 0.15) is 40.9 Å². The fraction of sp³-hybridized carbons (Fsp3) is 0.315.